The highest BCUT2D eigenvalue weighted by Gasteiger charge is 2.47. The van der Waals surface area contributed by atoms with Crippen LogP contribution < -0.4 is 4.74 Å². The van der Waals surface area contributed by atoms with Crippen LogP contribution in [-0.4, -0.2) is 86.3 Å². The lowest BCUT2D eigenvalue weighted by Crippen LogP contribution is -2.41. The van der Waals surface area contributed by atoms with E-state index in [1.165, 1.54) is 0 Å². The molecule has 8 heteroatoms. The smallest absolute Gasteiger partial charge is 0.295 e. The van der Waals surface area contributed by atoms with Crippen LogP contribution >= 0.6 is 0 Å². The van der Waals surface area contributed by atoms with E-state index in [-0.39, 0.29) is 23.5 Å². The van der Waals surface area contributed by atoms with Gasteiger partial charge in [0.2, 0.25) is 0 Å². The van der Waals surface area contributed by atoms with Crippen LogP contribution in [0.5, 0.6) is 5.75 Å². The van der Waals surface area contributed by atoms with Gasteiger partial charge in [0.05, 0.1) is 18.7 Å². The number of Topliss-reactive ketones (excluding diaryl/α,β-unsaturated/α-hetero) is 1. The molecule has 182 valence electrons. The van der Waals surface area contributed by atoms with Crippen molar-refractivity contribution in [3.05, 3.63) is 58.4 Å². The molecule has 8 nitrogen and oxygen atoms in total. The Kier molecular flexibility index (Phi) is 6.81. The van der Waals surface area contributed by atoms with Crippen molar-refractivity contribution < 1.29 is 28.9 Å². The highest BCUT2D eigenvalue weighted by Crippen LogP contribution is 2.38. The zero-order chi connectivity index (χ0) is 24.6. The van der Waals surface area contributed by atoms with Gasteiger partial charge in [-0.3, -0.25) is 9.59 Å². The second-order valence-corrected chi connectivity index (χ2v) is 9.19. The first kappa shape index (κ1) is 24.0. The van der Waals surface area contributed by atoms with Crippen LogP contribution in [0.4, 0.5) is 0 Å². The minimum atomic E-state index is -0.685. The summed E-state index contributed by atoms with van der Waals surface area (Å²) in [5.74, 6) is -0.00785. The summed E-state index contributed by atoms with van der Waals surface area (Å²) in [5, 5.41) is 11.4. The minimum Gasteiger partial charge on any atom is -0.507 e. The number of likely N-dealkylation sites (tertiary alicyclic amines) is 1. The van der Waals surface area contributed by atoms with Gasteiger partial charge < -0.3 is 29.1 Å². The van der Waals surface area contributed by atoms with Crippen LogP contribution in [0, 0.1) is 0 Å². The van der Waals surface area contributed by atoms with Gasteiger partial charge in [-0.2, -0.15) is 0 Å². The first-order valence-corrected chi connectivity index (χ1v) is 11.5. The van der Waals surface area contributed by atoms with Crippen molar-refractivity contribution in [1.82, 2.24) is 9.80 Å². The van der Waals surface area contributed by atoms with Crippen molar-refractivity contribution in [1.29, 1.82) is 0 Å². The van der Waals surface area contributed by atoms with Gasteiger partial charge in [0.15, 0.2) is 0 Å². The van der Waals surface area contributed by atoms with Gasteiger partial charge in [-0.1, -0.05) is 6.08 Å². The van der Waals surface area contributed by atoms with Crippen molar-refractivity contribution in [3.63, 3.8) is 0 Å². The molecule has 0 radical (unpaired) electrons. The summed E-state index contributed by atoms with van der Waals surface area (Å²) in [7, 11) is 7.00. The Bertz CT molecular complexity index is 1090. The van der Waals surface area contributed by atoms with E-state index in [1.807, 2.05) is 38.1 Å². The second-order valence-electron chi connectivity index (χ2n) is 9.19. The van der Waals surface area contributed by atoms with E-state index < -0.39 is 17.7 Å². The number of carbonyl (C=O) groups is 2. The van der Waals surface area contributed by atoms with E-state index in [4.69, 9.17) is 14.2 Å². The van der Waals surface area contributed by atoms with Gasteiger partial charge in [-0.15, -0.1) is 0 Å². The third-order valence-electron chi connectivity index (χ3n) is 6.57. The predicted octanol–water partition coefficient (Wildman–Crippen LogP) is 2.50. The molecule has 1 aromatic rings. The molecule has 0 unspecified atom stereocenters. The maximum atomic E-state index is 13.2. The van der Waals surface area contributed by atoms with Gasteiger partial charge in [0, 0.05) is 38.6 Å². The summed E-state index contributed by atoms with van der Waals surface area (Å²) in [5.41, 5.74) is 2.38. The largest absolute Gasteiger partial charge is 0.507 e. The fourth-order valence-electron chi connectivity index (χ4n) is 4.81. The number of aliphatic hydroxyl groups is 1. The molecule has 1 aromatic carbocycles. The molecule has 1 fully saturated rings. The fraction of sp³-hybridized carbons (Fsp3) is 0.462. The van der Waals surface area contributed by atoms with Gasteiger partial charge >= 0.3 is 0 Å². The summed E-state index contributed by atoms with van der Waals surface area (Å²) in [4.78, 5) is 29.9. The van der Waals surface area contributed by atoms with Gasteiger partial charge in [-0.25, -0.2) is 0 Å². The molecule has 4 rings (SSSR count). The van der Waals surface area contributed by atoms with Crippen LogP contribution in [0.15, 0.2) is 47.3 Å². The zero-order valence-corrected chi connectivity index (χ0v) is 20.3. The highest BCUT2D eigenvalue weighted by molar-refractivity contribution is 6.47. The molecule has 3 atom stereocenters. The van der Waals surface area contributed by atoms with Gasteiger partial charge in [-0.05, 0) is 56.4 Å². The number of hydrogen-bond acceptors (Lipinski definition) is 7. The van der Waals surface area contributed by atoms with Crippen molar-refractivity contribution in [2.75, 3.05) is 41.4 Å². The molecular weight excluding hydrogens is 436 g/mol. The van der Waals surface area contributed by atoms with Crippen LogP contribution in [0.25, 0.3) is 5.76 Å². The Balaban J connectivity index is 1.80. The standard InChI is InChI=1S/C26H32N2O6/c1-15-12-18-13-17(7-8-19(18)34-15)24(29)22-23(16-6-9-20(32-4)21(14-16)33-5)28(11-10-27(2)3)26(31)25(22)30/h6-9,13,15,21,23,29H,10-12,14H2,1-5H3/t15-,21+,23-/m1/s1. The Morgan fingerprint density at radius 3 is 2.65 bits per heavy atom. The maximum absolute atomic E-state index is 13.2. The number of hydrogen-bond donors (Lipinski definition) is 1. The van der Waals surface area contributed by atoms with Crippen molar-refractivity contribution in [2.24, 2.45) is 0 Å². The normalized spacial score (nSPS) is 25.8. The maximum Gasteiger partial charge on any atom is 0.295 e. The molecule has 2 aliphatic heterocycles. The van der Waals surface area contributed by atoms with Crippen molar-refractivity contribution in [3.8, 4) is 5.75 Å². The van der Waals surface area contributed by atoms with E-state index in [1.54, 1.807) is 37.3 Å². The molecule has 0 aromatic heterocycles. The number of benzene rings is 1. The predicted molar refractivity (Wildman–Crippen MR) is 127 cm³/mol. The van der Waals surface area contributed by atoms with Crippen molar-refractivity contribution >= 4 is 17.4 Å². The summed E-state index contributed by atoms with van der Waals surface area (Å²) < 4.78 is 16.8. The Morgan fingerprint density at radius 2 is 1.97 bits per heavy atom. The van der Waals surface area contributed by atoms with E-state index in [0.29, 0.717) is 30.8 Å². The van der Waals surface area contributed by atoms with Crippen LogP contribution in [-0.2, 0) is 25.5 Å². The molecule has 1 amide bonds. The Hall–Kier alpha value is -3.10. The number of ether oxygens (including phenoxy) is 3. The molecule has 2 heterocycles. The monoisotopic (exact) mass is 468 g/mol. The molecule has 0 bridgehead atoms. The number of carbonyl (C=O) groups excluding carboxylic acids is 2. The number of rotatable bonds is 7. The van der Waals surface area contributed by atoms with Crippen LogP contribution in [0.3, 0.4) is 0 Å². The molecular formula is C26H32N2O6. The molecule has 0 spiro atoms. The van der Waals surface area contributed by atoms with E-state index in [0.717, 1.165) is 23.3 Å². The Morgan fingerprint density at radius 1 is 1.21 bits per heavy atom. The second kappa shape index (κ2) is 9.64. The SMILES string of the molecule is COC1=CC=C([C@@H]2C(=C(O)c3ccc4c(c3)C[C@@H](C)O4)C(=O)C(=O)N2CCN(C)C)C[C@@H]1OC. The number of ketones is 1. The number of likely N-dealkylation sites (N-methyl/N-ethyl adjacent to an activating group) is 1. The third-order valence-corrected chi connectivity index (χ3v) is 6.57. The van der Waals surface area contributed by atoms with Crippen LogP contribution in [0.1, 0.15) is 24.5 Å². The van der Waals surface area contributed by atoms with Gasteiger partial charge in [0.25, 0.3) is 11.7 Å². The molecule has 3 aliphatic rings. The quantitative estimate of drug-likeness (QED) is 0.374. The number of methoxy groups -OCH3 is 2. The third kappa shape index (κ3) is 4.35. The summed E-state index contributed by atoms with van der Waals surface area (Å²) in [6.07, 6.45) is 4.54. The lowest BCUT2D eigenvalue weighted by atomic mass is 9.88. The average molecular weight is 469 g/mol. The average Bonchev–Trinajstić information content (AvgIpc) is 3.32. The number of nitrogens with zero attached hydrogens (tertiary/aromatic N) is 2. The molecule has 34 heavy (non-hydrogen) atoms. The van der Waals surface area contributed by atoms with E-state index in [9.17, 15) is 14.7 Å². The van der Waals surface area contributed by atoms with E-state index in [2.05, 4.69) is 0 Å². The number of amides is 1. The van der Waals surface area contributed by atoms with E-state index >= 15 is 0 Å². The lowest BCUT2D eigenvalue weighted by Gasteiger charge is -2.31. The fourth-order valence-corrected chi connectivity index (χ4v) is 4.81. The zero-order valence-electron chi connectivity index (χ0n) is 20.3. The molecule has 1 N–H and O–H groups in total. The lowest BCUT2D eigenvalue weighted by molar-refractivity contribution is -0.139. The van der Waals surface area contributed by atoms with Crippen LogP contribution in [0.2, 0.25) is 0 Å². The summed E-state index contributed by atoms with van der Waals surface area (Å²) >= 11 is 0. The minimum absolute atomic E-state index is 0.0594. The van der Waals surface area contributed by atoms with Gasteiger partial charge in [0.1, 0.15) is 29.5 Å². The topological polar surface area (TPSA) is 88.5 Å². The molecule has 1 aliphatic carbocycles. The van der Waals surface area contributed by atoms with Crippen molar-refractivity contribution in [2.45, 2.75) is 38.0 Å². The number of allylic oxidation sites excluding steroid dienone is 2. The Labute approximate surface area is 200 Å². The number of aliphatic hydroxyl groups excluding tert-OH is 1. The molecule has 0 saturated carbocycles. The first-order chi connectivity index (χ1) is 16.2. The highest BCUT2D eigenvalue weighted by atomic mass is 16.5. The first-order valence-electron chi connectivity index (χ1n) is 11.5. The molecule has 1 saturated heterocycles. The number of fused-ring (bicyclic) bond motifs is 1. The summed E-state index contributed by atoms with van der Waals surface area (Å²) in [6, 6.07) is 4.69. The summed E-state index contributed by atoms with van der Waals surface area (Å²) in [6.45, 7) is 2.92.